The molecule has 0 spiro atoms. The highest BCUT2D eigenvalue weighted by atomic mass is 15.1. The highest BCUT2D eigenvalue weighted by Gasteiger charge is 2.40. The lowest BCUT2D eigenvalue weighted by Crippen LogP contribution is -2.50. The van der Waals surface area contributed by atoms with Crippen LogP contribution < -0.4 is 4.57 Å². The average Bonchev–Trinajstić information content (AvgIpc) is 3.22. The molecule has 2 heteroatoms. The Bertz CT molecular complexity index is 851. The van der Waals surface area contributed by atoms with Crippen molar-refractivity contribution in [3.63, 3.8) is 0 Å². The van der Waals surface area contributed by atoms with Gasteiger partial charge in [-0.15, -0.1) is 0 Å². The second-order valence-corrected chi connectivity index (χ2v) is 8.86. The molecule has 29 heavy (non-hydrogen) atoms. The summed E-state index contributed by atoms with van der Waals surface area (Å²) in [6.07, 6.45) is 12.9. The van der Waals surface area contributed by atoms with Crippen molar-refractivity contribution in [2.24, 2.45) is 0 Å². The third kappa shape index (κ3) is 5.18. The van der Waals surface area contributed by atoms with E-state index in [2.05, 4.69) is 116 Å². The summed E-state index contributed by atoms with van der Waals surface area (Å²) in [7, 11) is 0. The lowest BCUT2D eigenvalue weighted by molar-refractivity contribution is -0.732. The Morgan fingerprint density at radius 2 is 1.59 bits per heavy atom. The van der Waals surface area contributed by atoms with Crippen LogP contribution in [0.15, 0.2) is 79.4 Å². The maximum atomic E-state index is 2.48. The van der Waals surface area contributed by atoms with Crippen LogP contribution in [0.25, 0.3) is 0 Å². The van der Waals surface area contributed by atoms with E-state index in [-0.39, 0.29) is 5.41 Å². The molecule has 154 valence electrons. The van der Waals surface area contributed by atoms with E-state index in [9.17, 15) is 0 Å². The van der Waals surface area contributed by atoms with Crippen molar-refractivity contribution in [2.75, 3.05) is 0 Å². The summed E-state index contributed by atoms with van der Waals surface area (Å²) < 4.78 is 4.80. The van der Waals surface area contributed by atoms with Crippen LogP contribution in [-0.4, -0.2) is 4.57 Å². The van der Waals surface area contributed by atoms with Crippen LogP contribution in [0, 0.1) is 0 Å². The topological polar surface area (TPSA) is 8.81 Å². The van der Waals surface area contributed by atoms with E-state index < -0.39 is 0 Å². The summed E-state index contributed by atoms with van der Waals surface area (Å²) in [4.78, 5) is 0. The molecule has 1 aromatic heterocycles. The fourth-order valence-electron chi connectivity index (χ4n) is 4.51. The van der Waals surface area contributed by atoms with E-state index in [1.807, 2.05) is 0 Å². The molecule has 0 aliphatic heterocycles. The summed E-state index contributed by atoms with van der Waals surface area (Å²) in [5, 5.41) is 0. The molecular weight excluding hydrogens is 352 g/mol. The minimum atomic E-state index is 0.0180. The van der Waals surface area contributed by atoms with Crippen LogP contribution in [0.2, 0.25) is 0 Å². The first-order valence-electron chi connectivity index (χ1n) is 11.2. The zero-order chi connectivity index (χ0) is 20.7. The van der Waals surface area contributed by atoms with Gasteiger partial charge in [0, 0.05) is 5.41 Å². The SMILES string of the molecule is CCCCCC([n+]1ccn(C(C)C)c1)C(C)(Cc1ccccc1)c1ccccc1. The van der Waals surface area contributed by atoms with Gasteiger partial charge in [-0.05, 0) is 44.2 Å². The monoisotopic (exact) mass is 389 g/mol. The molecule has 0 saturated heterocycles. The van der Waals surface area contributed by atoms with Crippen molar-refractivity contribution in [1.29, 1.82) is 0 Å². The fourth-order valence-corrected chi connectivity index (χ4v) is 4.51. The van der Waals surface area contributed by atoms with Gasteiger partial charge in [-0.2, -0.15) is 0 Å². The smallest absolute Gasteiger partial charge is 0.235 e. The number of unbranched alkanes of at least 4 members (excludes halogenated alkanes) is 2. The van der Waals surface area contributed by atoms with Crippen LogP contribution >= 0.6 is 0 Å². The Kier molecular flexibility index (Phi) is 7.30. The maximum Gasteiger partial charge on any atom is 0.244 e. The maximum absolute atomic E-state index is 2.48. The first kappa shape index (κ1) is 21.4. The van der Waals surface area contributed by atoms with Gasteiger partial charge < -0.3 is 0 Å². The molecule has 0 fully saturated rings. The van der Waals surface area contributed by atoms with Gasteiger partial charge in [0.1, 0.15) is 18.4 Å². The molecule has 2 unspecified atom stereocenters. The van der Waals surface area contributed by atoms with Crippen LogP contribution in [0.1, 0.15) is 76.6 Å². The Hall–Kier alpha value is -2.35. The Morgan fingerprint density at radius 3 is 2.17 bits per heavy atom. The van der Waals surface area contributed by atoms with Gasteiger partial charge in [0.2, 0.25) is 6.33 Å². The number of benzene rings is 2. The molecule has 0 radical (unpaired) electrons. The Labute approximate surface area is 177 Å². The largest absolute Gasteiger partial charge is 0.244 e. The lowest BCUT2D eigenvalue weighted by atomic mass is 9.70. The standard InChI is InChI=1S/C27H37N2/c1-5-6-9-18-26(29-20-19-28(22-29)23(2)3)27(4,25-16-12-8-13-17-25)21-24-14-10-7-11-15-24/h7-8,10-17,19-20,22-23,26H,5-6,9,18,21H2,1-4H3/q+1. The molecule has 0 saturated carbocycles. The first-order chi connectivity index (χ1) is 14.0. The zero-order valence-electron chi connectivity index (χ0n) is 18.6. The molecule has 2 aromatic carbocycles. The number of rotatable bonds is 10. The van der Waals surface area contributed by atoms with E-state index in [0.29, 0.717) is 12.1 Å². The summed E-state index contributed by atoms with van der Waals surface area (Å²) in [6, 6.07) is 23.0. The van der Waals surface area contributed by atoms with Crippen LogP contribution in [-0.2, 0) is 11.8 Å². The third-order valence-electron chi connectivity index (χ3n) is 6.30. The highest BCUT2D eigenvalue weighted by Crippen LogP contribution is 2.39. The van der Waals surface area contributed by atoms with Gasteiger partial charge in [0.15, 0.2) is 0 Å². The fraction of sp³-hybridized carbons (Fsp3) is 0.444. The molecule has 0 amide bonds. The van der Waals surface area contributed by atoms with Crippen molar-refractivity contribution in [3.8, 4) is 0 Å². The van der Waals surface area contributed by atoms with Gasteiger partial charge in [-0.25, -0.2) is 9.13 Å². The van der Waals surface area contributed by atoms with E-state index in [4.69, 9.17) is 0 Å². The summed E-state index contributed by atoms with van der Waals surface area (Å²) in [6.45, 7) is 9.25. The van der Waals surface area contributed by atoms with Crippen molar-refractivity contribution < 1.29 is 4.57 Å². The van der Waals surface area contributed by atoms with E-state index in [1.54, 1.807) is 0 Å². The van der Waals surface area contributed by atoms with Crippen molar-refractivity contribution in [2.45, 2.75) is 77.3 Å². The molecule has 1 heterocycles. The van der Waals surface area contributed by atoms with Gasteiger partial charge in [-0.3, -0.25) is 0 Å². The summed E-state index contributed by atoms with van der Waals surface area (Å²) in [5.41, 5.74) is 2.85. The highest BCUT2D eigenvalue weighted by molar-refractivity contribution is 5.29. The molecule has 3 rings (SSSR count). The molecule has 0 N–H and O–H groups in total. The number of nitrogens with zero attached hydrogens (tertiary/aromatic N) is 2. The van der Waals surface area contributed by atoms with Gasteiger partial charge >= 0.3 is 0 Å². The molecule has 3 aromatic rings. The van der Waals surface area contributed by atoms with Crippen LogP contribution in [0.5, 0.6) is 0 Å². The van der Waals surface area contributed by atoms with Gasteiger partial charge in [0.25, 0.3) is 0 Å². The van der Waals surface area contributed by atoms with Gasteiger partial charge in [-0.1, -0.05) is 87.4 Å². The number of imidazole rings is 1. The number of hydrogen-bond donors (Lipinski definition) is 0. The molecule has 0 bridgehead atoms. The van der Waals surface area contributed by atoms with E-state index in [0.717, 1.165) is 6.42 Å². The minimum absolute atomic E-state index is 0.0180. The number of hydrogen-bond acceptors (Lipinski definition) is 0. The molecular formula is C27H37N2+. The Morgan fingerprint density at radius 1 is 0.931 bits per heavy atom. The van der Waals surface area contributed by atoms with Crippen LogP contribution in [0.4, 0.5) is 0 Å². The Balaban J connectivity index is 2.05. The first-order valence-corrected chi connectivity index (χ1v) is 11.2. The van der Waals surface area contributed by atoms with Crippen LogP contribution in [0.3, 0.4) is 0 Å². The van der Waals surface area contributed by atoms with Crippen molar-refractivity contribution in [1.82, 2.24) is 4.57 Å². The van der Waals surface area contributed by atoms with E-state index in [1.165, 1.54) is 36.8 Å². The number of aromatic nitrogens is 2. The molecule has 0 aliphatic carbocycles. The van der Waals surface area contributed by atoms with Crippen molar-refractivity contribution >= 4 is 0 Å². The average molecular weight is 390 g/mol. The van der Waals surface area contributed by atoms with Crippen molar-refractivity contribution in [3.05, 3.63) is 90.5 Å². The van der Waals surface area contributed by atoms with Gasteiger partial charge in [0.05, 0.1) is 6.04 Å². The zero-order valence-corrected chi connectivity index (χ0v) is 18.6. The molecule has 0 aliphatic rings. The second-order valence-electron chi connectivity index (χ2n) is 8.86. The normalized spacial score (nSPS) is 14.7. The second kappa shape index (κ2) is 9.91. The summed E-state index contributed by atoms with van der Waals surface area (Å²) in [5.74, 6) is 0. The third-order valence-corrected chi connectivity index (χ3v) is 6.30. The van der Waals surface area contributed by atoms with E-state index >= 15 is 0 Å². The summed E-state index contributed by atoms with van der Waals surface area (Å²) >= 11 is 0. The predicted molar refractivity (Wildman–Crippen MR) is 122 cm³/mol. The molecule has 2 nitrogen and oxygen atoms in total. The minimum Gasteiger partial charge on any atom is -0.235 e. The predicted octanol–water partition coefficient (Wildman–Crippen LogP) is 6.68. The lowest BCUT2D eigenvalue weighted by Gasteiger charge is -2.37. The quantitative estimate of drug-likeness (QED) is 0.270. The molecule has 2 atom stereocenters.